The van der Waals surface area contributed by atoms with Crippen LogP contribution in [0.5, 0.6) is 0 Å². The number of fused-ring (bicyclic) bond motifs is 5. The summed E-state index contributed by atoms with van der Waals surface area (Å²) in [7, 11) is 0. The lowest BCUT2D eigenvalue weighted by atomic mass is 9.42. The van der Waals surface area contributed by atoms with E-state index in [4.69, 9.17) is 0 Å². The van der Waals surface area contributed by atoms with Crippen LogP contribution in [0, 0.1) is 46.3 Å². The Morgan fingerprint density at radius 3 is 2.48 bits per heavy atom. The Labute approximate surface area is 168 Å². The minimum Gasteiger partial charge on any atom is -0.303 e. The van der Waals surface area contributed by atoms with Gasteiger partial charge in [0.15, 0.2) is 0 Å². The van der Waals surface area contributed by atoms with Crippen molar-refractivity contribution in [2.75, 3.05) is 0 Å². The maximum absolute atomic E-state index is 10.7. The topological polar surface area (TPSA) is 17.1 Å². The molecule has 4 aliphatic rings. The molecule has 8 atom stereocenters. The van der Waals surface area contributed by atoms with Gasteiger partial charge < -0.3 is 4.79 Å². The van der Waals surface area contributed by atoms with Crippen LogP contribution in [0.25, 0.3) is 0 Å². The quantitative estimate of drug-likeness (QED) is 0.350. The fourth-order valence-corrected chi connectivity index (χ4v) is 9.22. The Morgan fingerprint density at radius 2 is 1.70 bits per heavy atom. The van der Waals surface area contributed by atoms with Gasteiger partial charge in [0.05, 0.1) is 0 Å². The van der Waals surface area contributed by atoms with Crippen LogP contribution >= 0.6 is 0 Å². The molecule has 27 heavy (non-hydrogen) atoms. The van der Waals surface area contributed by atoms with E-state index in [0.717, 1.165) is 54.6 Å². The zero-order chi connectivity index (χ0) is 19.1. The molecule has 6 unspecified atom stereocenters. The number of rotatable bonds is 6. The average molecular weight is 373 g/mol. The normalized spacial score (nSPS) is 49.1. The molecule has 0 aromatic carbocycles. The summed E-state index contributed by atoms with van der Waals surface area (Å²) < 4.78 is 0. The first-order valence-electron chi connectivity index (χ1n) is 12.5. The van der Waals surface area contributed by atoms with Gasteiger partial charge in [-0.05, 0) is 104 Å². The van der Waals surface area contributed by atoms with E-state index >= 15 is 0 Å². The molecule has 0 N–H and O–H groups in total. The van der Waals surface area contributed by atoms with E-state index in [2.05, 4.69) is 20.8 Å². The van der Waals surface area contributed by atoms with Crippen LogP contribution in [0.15, 0.2) is 0 Å². The lowest BCUT2D eigenvalue weighted by molar-refractivity contribution is -0.135. The first kappa shape index (κ1) is 20.0. The van der Waals surface area contributed by atoms with Crippen molar-refractivity contribution in [2.24, 2.45) is 46.3 Å². The van der Waals surface area contributed by atoms with Gasteiger partial charge in [-0.25, -0.2) is 0 Å². The summed E-state index contributed by atoms with van der Waals surface area (Å²) >= 11 is 0. The zero-order valence-electron chi connectivity index (χ0n) is 18.3. The Bertz CT molecular complexity index is 526. The van der Waals surface area contributed by atoms with Crippen molar-refractivity contribution < 1.29 is 4.79 Å². The smallest absolute Gasteiger partial charge is 0.119 e. The van der Waals surface area contributed by atoms with Crippen LogP contribution in [0.4, 0.5) is 0 Å². The summed E-state index contributed by atoms with van der Waals surface area (Å²) in [5.74, 6) is 6.02. The third-order valence-electron chi connectivity index (χ3n) is 10.6. The Morgan fingerprint density at radius 1 is 0.889 bits per heavy atom. The summed E-state index contributed by atoms with van der Waals surface area (Å²) in [6, 6.07) is 0. The highest BCUT2D eigenvalue weighted by Crippen LogP contribution is 2.69. The first-order chi connectivity index (χ1) is 13.0. The van der Waals surface area contributed by atoms with E-state index < -0.39 is 0 Å². The van der Waals surface area contributed by atoms with Gasteiger partial charge in [0.2, 0.25) is 0 Å². The molecule has 0 amide bonds. The molecule has 154 valence electrons. The van der Waals surface area contributed by atoms with Crippen molar-refractivity contribution in [3.63, 3.8) is 0 Å². The third-order valence-corrected chi connectivity index (χ3v) is 10.6. The Balaban J connectivity index is 1.52. The van der Waals surface area contributed by atoms with E-state index in [1.807, 2.05) is 0 Å². The van der Waals surface area contributed by atoms with Gasteiger partial charge in [-0.2, -0.15) is 0 Å². The summed E-state index contributed by atoms with van der Waals surface area (Å²) in [5, 5.41) is 0. The van der Waals surface area contributed by atoms with Crippen molar-refractivity contribution in [2.45, 2.75) is 111 Å². The minimum absolute atomic E-state index is 0.610. The molecule has 4 fully saturated rings. The molecule has 0 spiro atoms. The van der Waals surface area contributed by atoms with E-state index in [1.54, 1.807) is 6.42 Å². The molecule has 0 aliphatic heterocycles. The zero-order valence-corrected chi connectivity index (χ0v) is 18.3. The van der Waals surface area contributed by atoms with Gasteiger partial charge in [-0.1, -0.05) is 46.5 Å². The van der Waals surface area contributed by atoms with E-state index in [0.29, 0.717) is 10.8 Å². The summed E-state index contributed by atoms with van der Waals surface area (Å²) in [6.45, 7) is 7.89. The predicted octanol–water partition coefficient (Wildman–Crippen LogP) is 7.43. The molecule has 1 nitrogen and oxygen atoms in total. The van der Waals surface area contributed by atoms with E-state index in [1.165, 1.54) is 70.6 Å². The lowest BCUT2D eigenvalue weighted by Gasteiger charge is -2.62. The second-order valence-corrected chi connectivity index (χ2v) is 11.4. The fourth-order valence-electron chi connectivity index (χ4n) is 9.22. The highest BCUT2D eigenvalue weighted by molar-refractivity contribution is 5.48. The van der Waals surface area contributed by atoms with Crippen LogP contribution in [-0.2, 0) is 4.79 Å². The fraction of sp³-hybridized carbons (Fsp3) is 0.962. The summed E-state index contributed by atoms with van der Waals surface area (Å²) in [5.41, 5.74) is 1.27. The van der Waals surface area contributed by atoms with Crippen LogP contribution in [0.3, 0.4) is 0 Å². The Kier molecular flexibility index (Phi) is 5.79. The number of carbonyl (C=O) groups is 1. The van der Waals surface area contributed by atoms with E-state index in [-0.39, 0.29) is 0 Å². The highest BCUT2D eigenvalue weighted by atomic mass is 16.1. The summed E-state index contributed by atoms with van der Waals surface area (Å²) in [6.07, 6.45) is 20.7. The van der Waals surface area contributed by atoms with Crippen molar-refractivity contribution in [3.05, 3.63) is 0 Å². The molecule has 0 saturated heterocycles. The third kappa shape index (κ3) is 3.24. The number of aldehydes is 1. The second-order valence-electron chi connectivity index (χ2n) is 11.4. The predicted molar refractivity (Wildman–Crippen MR) is 114 cm³/mol. The second kappa shape index (κ2) is 7.83. The van der Waals surface area contributed by atoms with Crippen molar-refractivity contribution in [1.29, 1.82) is 0 Å². The maximum Gasteiger partial charge on any atom is 0.119 e. The minimum atomic E-state index is 0.610. The molecule has 4 aliphatic carbocycles. The SMILES string of the molecule is CC[C@H]1CC2C3CCC(CCCCC=O)C3(C)CC[C@@H]2C2(C)CCCCC12. The van der Waals surface area contributed by atoms with Crippen LogP contribution in [0.1, 0.15) is 111 Å². The number of unbranched alkanes of at least 4 members (excludes halogenated alkanes) is 2. The largest absolute Gasteiger partial charge is 0.303 e. The molecule has 4 rings (SSSR count). The maximum atomic E-state index is 10.7. The van der Waals surface area contributed by atoms with Crippen molar-refractivity contribution in [1.82, 2.24) is 0 Å². The Hall–Kier alpha value is -0.330. The van der Waals surface area contributed by atoms with Gasteiger partial charge in [0.25, 0.3) is 0 Å². The van der Waals surface area contributed by atoms with Gasteiger partial charge >= 0.3 is 0 Å². The van der Waals surface area contributed by atoms with Gasteiger partial charge in [-0.3, -0.25) is 0 Å². The van der Waals surface area contributed by atoms with Gasteiger partial charge in [0, 0.05) is 6.42 Å². The van der Waals surface area contributed by atoms with Crippen LogP contribution < -0.4 is 0 Å². The van der Waals surface area contributed by atoms with Gasteiger partial charge in [0.1, 0.15) is 6.29 Å². The molecular weight excluding hydrogens is 328 g/mol. The molecule has 0 heterocycles. The molecule has 0 radical (unpaired) electrons. The van der Waals surface area contributed by atoms with Gasteiger partial charge in [-0.15, -0.1) is 0 Å². The molecule has 1 heteroatoms. The number of hydrogen-bond acceptors (Lipinski definition) is 1. The molecule has 0 aromatic rings. The highest BCUT2D eigenvalue weighted by Gasteiger charge is 2.60. The van der Waals surface area contributed by atoms with Crippen LogP contribution in [0.2, 0.25) is 0 Å². The molecule has 0 aromatic heterocycles. The monoisotopic (exact) mass is 372 g/mol. The average Bonchev–Trinajstić information content (AvgIpc) is 3.00. The first-order valence-corrected chi connectivity index (χ1v) is 12.5. The lowest BCUT2D eigenvalue weighted by Crippen LogP contribution is -2.55. The molecular formula is C26H44O. The standard InChI is InChI=1S/C26H44O/c1-4-19-18-21-23-13-12-20(10-6-5-9-17-27)25(23,2)16-14-24(21)26(3)15-8-7-11-22(19)26/h17,19-24H,4-16,18H2,1-3H3/t19-,20?,21?,22?,23?,24-,25?,26?/m0/s1. The number of hydrogen-bond donors (Lipinski definition) is 0. The van der Waals surface area contributed by atoms with E-state index in [9.17, 15) is 4.79 Å². The molecule has 0 bridgehead atoms. The summed E-state index contributed by atoms with van der Waals surface area (Å²) in [4.78, 5) is 10.7. The number of carbonyl (C=O) groups excluding carboxylic acids is 1. The van der Waals surface area contributed by atoms with Crippen molar-refractivity contribution >= 4 is 6.29 Å². The molecule has 4 saturated carbocycles. The van der Waals surface area contributed by atoms with Crippen LogP contribution in [-0.4, -0.2) is 6.29 Å². The van der Waals surface area contributed by atoms with Crippen molar-refractivity contribution in [3.8, 4) is 0 Å².